The third-order valence-corrected chi connectivity index (χ3v) is 1.86. The molecule has 1 aromatic carbocycles. The topological polar surface area (TPSA) is 0 Å². The van der Waals surface area contributed by atoms with Gasteiger partial charge in [0.1, 0.15) is 0 Å². The summed E-state index contributed by atoms with van der Waals surface area (Å²) in [4.78, 5) is 0. The van der Waals surface area contributed by atoms with Crippen molar-refractivity contribution >= 4 is 6.08 Å². The van der Waals surface area contributed by atoms with Crippen LogP contribution in [0.15, 0.2) is 30.3 Å². The summed E-state index contributed by atoms with van der Waals surface area (Å²) in [5, 5.41) is 0. The fraction of sp³-hybridized carbons (Fsp3) is 0.273. The second-order valence-electron chi connectivity index (χ2n) is 3.00. The van der Waals surface area contributed by atoms with Gasteiger partial charge in [-0.1, -0.05) is 36.4 Å². The van der Waals surface area contributed by atoms with Gasteiger partial charge in [-0.3, -0.25) is 0 Å². The zero-order valence-corrected chi connectivity index (χ0v) is 6.46. The molecule has 0 spiro atoms. The van der Waals surface area contributed by atoms with Gasteiger partial charge in [0, 0.05) is 0 Å². The number of rotatable bonds is 2. The Morgan fingerprint density at radius 1 is 1.18 bits per heavy atom. The highest BCUT2D eigenvalue weighted by Crippen LogP contribution is 2.29. The Morgan fingerprint density at radius 3 is 2.55 bits per heavy atom. The van der Waals surface area contributed by atoms with Crippen molar-refractivity contribution in [1.29, 1.82) is 0 Å². The van der Waals surface area contributed by atoms with Crippen LogP contribution >= 0.6 is 0 Å². The molecule has 0 N–H and O–H groups in total. The molecule has 0 aromatic heterocycles. The van der Waals surface area contributed by atoms with E-state index in [2.05, 4.69) is 36.4 Å². The zero-order chi connectivity index (χ0) is 7.52. The molecule has 11 heavy (non-hydrogen) atoms. The summed E-state index contributed by atoms with van der Waals surface area (Å²) < 4.78 is 0. The van der Waals surface area contributed by atoms with Crippen LogP contribution in [0.5, 0.6) is 0 Å². The second-order valence-corrected chi connectivity index (χ2v) is 3.00. The Labute approximate surface area is 67.6 Å². The molecule has 55 valence electrons. The third kappa shape index (κ3) is 1.94. The summed E-state index contributed by atoms with van der Waals surface area (Å²) in [6, 6.07) is 10.4. The first-order valence-electron chi connectivity index (χ1n) is 4.09. The largest absolute Gasteiger partial charge is 0.0622 e. The van der Waals surface area contributed by atoms with E-state index in [-0.39, 0.29) is 0 Å². The van der Waals surface area contributed by atoms with Gasteiger partial charge in [0.15, 0.2) is 0 Å². The smallest absolute Gasteiger partial charge is 0.0158 e. The van der Waals surface area contributed by atoms with Gasteiger partial charge in [0.05, 0.1) is 0 Å². The predicted octanol–water partition coefficient (Wildman–Crippen LogP) is 2.91. The van der Waals surface area contributed by atoms with Crippen LogP contribution in [0.25, 0.3) is 6.08 Å². The van der Waals surface area contributed by atoms with Crippen LogP contribution in [-0.4, -0.2) is 0 Å². The van der Waals surface area contributed by atoms with Crippen molar-refractivity contribution in [3.63, 3.8) is 0 Å². The van der Waals surface area contributed by atoms with Gasteiger partial charge in [-0.15, -0.1) is 0 Å². The first kappa shape index (κ1) is 6.66. The van der Waals surface area contributed by atoms with E-state index in [9.17, 15) is 0 Å². The van der Waals surface area contributed by atoms with Crippen molar-refractivity contribution in [3.05, 3.63) is 42.0 Å². The molecule has 0 bridgehead atoms. The lowest BCUT2D eigenvalue weighted by Gasteiger charge is -1.88. The number of allylic oxidation sites excluding steroid dienone is 1. The molecule has 1 aliphatic carbocycles. The quantitative estimate of drug-likeness (QED) is 0.597. The average Bonchev–Trinajstić information content (AvgIpc) is 2.86. The molecule has 1 saturated carbocycles. The van der Waals surface area contributed by atoms with Crippen LogP contribution in [-0.2, 0) is 0 Å². The number of hydrogen-bond acceptors (Lipinski definition) is 0. The average molecular weight is 143 g/mol. The molecular weight excluding hydrogens is 132 g/mol. The summed E-state index contributed by atoms with van der Waals surface area (Å²) in [7, 11) is 0. The van der Waals surface area contributed by atoms with Crippen molar-refractivity contribution in [2.24, 2.45) is 5.92 Å². The van der Waals surface area contributed by atoms with Crippen LogP contribution < -0.4 is 0 Å². The van der Waals surface area contributed by atoms with Crippen LogP contribution in [0, 0.1) is 12.0 Å². The maximum atomic E-state index is 3.35. The predicted molar refractivity (Wildman–Crippen MR) is 46.9 cm³/mol. The number of benzene rings is 1. The highest BCUT2D eigenvalue weighted by atomic mass is 14.2. The van der Waals surface area contributed by atoms with E-state index in [0.29, 0.717) is 0 Å². The molecule has 1 radical (unpaired) electrons. The van der Waals surface area contributed by atoms with Crippen molar-refractivity contribution in [1.82, 2.24) is 0 Å². The van der Waals surface area contributed by atoms with Crippen LogP contribution in [0.2, 0.25) is 0 Å². The van der Waals surface area contributed by atoms with Crippen LogP contribution in [0.4, 0.5) is 0 Å². The lowest BCUT2D eigenvalue weighted by molar-refractivity contribution is 1.09. The minimum Gasteiger partial charge on any atom is -0.0622 e. The molecule has 0 amide bonds. The first-order chi connectivity index (χ1) is 5.45. The van der Waals surface area contributed by atoms with Gasteiger partial charge in [-0.25, -0.2) is 0 Å². The lowest BCUT2D eigenvalue weighted by atomic mass is 10.2. The maximum absolute atomic E-state index is 3.35. The maximum Gasteiger partial charge on any atom is -0.0158 e. The number of hydrogen-bond donors (Lipinski definition) is 0. The minimum atomic E-state index is 0.759. The van der Waals surface area contributed by atoms with E-state index in [1.165, 1.54) is 18.4 Å². The molecular formula is C11H11. The van der Waals surface area contributed by atoms with Gasteiger partial charge in [-0.2, -0.15) is 0 Å². The summed E-state index contributed by atoms with van der Waals surface area (Å²) in [6.07, 6.45) is 8.12. The van der Waals surface area contributed by atoms with Gasteiger partial charge in [0.25, 0.3) is 0 Å². The summed E-state index contributed by atoms with van der Waals surface area (Å²) in [6.45, 7) is 0. The molecule has 2 rings (SSSR count). The van der Waals surface area contributed by atoms with E-state index in [4.69, 9.17) is 0 Å². The highest BCUT2D eigenvalue weighted by Gasteiger charge is 2.17. The summed E-state index contributed by atoms with van der Waals surface area (Å²) in [5.74, 6) is 0.759. The van der Waals surface area contributed by atoms with E-state index >= 15 is 0 Å². The van der Waals surface area contributed by atoms with Gasteiger partial charge < -0.3 is 0 Å². The van der Waals surface area contributed by atoms with Gasteiger partial charge >= 0.3 is 0 Å². The third-order valence-electron chi connectivity index (χ3n) is 1.86. The summed E-state index contributed by atoms with van der Waals surface area (Å²) >= 11 is 0. The molecule has 0 heterocycles. The Kier molecular flexibility index (Phi) is 1.76. The standard InChI is InChI=1S/C11H11/c1-2-4-10(5-3-1)6-7-11-8-9-11/h1-6,11H,8-9H2. The van der Waals surface area contributed by atoms with Crippen LogP contribution in [0.1, 0.15) is 18.4 Å². The van der Waals surface area contributed by atoms with Crippen molar-refractivity contribution < 1.29 is 0 Å². The molecule has 0 aliphatic heterocycles. The Balaban J connectivity index is 2.05. The van der Waals surface area contributed by atoms with Gasteiger partial charge in [-0.05, 0) is 30.4 Å². The van der Waals surface area contributed by atoms with Crippen molar-refractivity contribution in [2.75, 3.05) is 0 Å². The fourth-order valence-corrected chi connectivity index (χ4v) is 1.01. The molecule has 1 fully saturated rings. The molecule has 1 aliphatic rings. The van der Waals surface area contributed by atoms with E-state index in [1.807, 2.05) is 6.07 Å². The summed E-state index contributed by atoms with van der Waals surface area (Å²) in [5.41, 5.74) is 1.26. The van der Waals surface area contributed by atoms with E-state index in [0.717, 1.165) is 5.92 Å². The van der Waals surface area contributed by atoms with Gasteiger partial charge in [0.2, 0.25) is 0 Å². The first-order valence-corrected chi connectivity index (χ1v) is 4.09. The van der Waals surface area contributed by atoms with E-state index in [1.54, 1.807) is 0 Å². The molecule has 0 nitrogen and oxygen atoms in total. The highest BCUT2D eigenvalue weighted by molar-refractivity contribution is 5.47. The second kappa shape index (κ2) is 2.91. The molecule has 0 atom stereocenters. The molecule has 0 heteroatoms. The molecule has 1 aromatic rings. The Bertz CT molecular complexity index is 242. The van der Waals surface area contributed by atoms with Crippen LogP contribution in [0.3, 0.4) is 0 Å². The molecule has 0 saturated heterocycles. The van der Waals surface area contributed by atoms with Crippen molar-refractivity contribution in [3.8, 4) is 0 Å². The minimum absolute atomic E-state index is 0.759. The SMILES string of the molecule is [C](=Cc1ccccc1)C1CC1. The lowest BCUT2D eigenvalue weighted by Crippen LogP contribution is -1.69. The monoisotopic (exact) mass is 143 g/mol. The normalized spacial score (nSPS) is 17.5. The zero-order valence-electron chi connectivity index (χ0n) is 6.46. The Morgan fingerprint density at radius 2 is 1.91 bits per heavy atom. The van der Waals surface area contributed by atoms with Crippen molar-refractivity contribution in [2.45, 2.75) is 12.8 Å². The fourth-order valence-electron chi connectivity index (χ4n) is 1.01. The van der Waals surface area contributed by atoms with E-state index < -0.39 is 0 Å². The Hall–Kier alpha value is -1.04. The molecule has 0 unspecified atom stereocenters.